The lowest BCUT2D eigenvalue weighted by atomic mass is 10.2. The molecule has 0 fully saturated rings. The van der Waals surface area contributed by atoms with Crippen LogP contribution in [0.1, 0.15) is 18.1 Å². The zero-order chi connectivity index (χ0) is 20.5. The molecule has 0 unspecified atom stereocenters. The van der Waals surface area contributed by atoms with Crippen LogP contribution in [0.15, 0.2) is 41.8 Å². The molecule has 0 aromatic carbocycles. The van der Waals surface area contributed by atoms with Crippen molar-refractivity contribution in [1.29, 1.82) is 0 Å². The highest BCUT2D eigenvalue weighted by Gasteiger charge is 2.32. The van der Waals surface area contributed by atoms with Crippen molar-refractivity contribution in [3.63, 3.8) is 0 Å². The fourth-order valence-corrected chi connectivity index (χ4v) is 3.01. The first-order chi connectivity index (χ1) is 13.1. The summed E-state index contributed by atoms with van der Waals surface area (Å²) in [6.45, 7) is 1.77. The van der Waals surface area contributed by atoms with E-state index in [4.69, 9.17) is 0 Å². The van der Waals surface area contributed by atoms with E-state index in [-0.39, 0.29) is 22.2 Å². The van der Waals surface area contributed by atoms with Gasteiger partial charge in [-0.05, 0) is 24.0 Å². The molecule has 5 nitrogen and oxygen atoms in total. The Morgan fingerprint density at radius 1 is 0.929 bits per heavy atom. The summed E-state index contributed by atoms with van der Waals surface area (Å²) in [5.41, 5.74) is -1.66. The van der Waals surface area contributed by atoms with Gasteiger partial charge >= 0.3 is 12.4 Å². The summed E-state index contributed by atoms with van der Waals surface area (Å²) >= 11 is 1.14. The number of aromatic nitrogens is 5. The van der Waals surface area contributed by atoms with E-state index in [2.05, 4.69) is 20.1 Å². The fraction of sp³-hybridized carbons (Fsp3) is 0.250. The second-order valence-corrected chi connectivity index (χ2v) is 6.72. The molecule has 0 N–H and O–H groups in total. The Morgan fingerprint density at radius 3 is 2.18 bits per heavy atom. The minimum Gasteiger partial charge on any atom is -0.251 e. The average molecular weight is 419 g/mol. The summed E-state index contributed by atoms with van der Waals surface area (Å²) in [5.74, 6) is 0.603. The van der Waals surface area contributed by atoms with Gasteiger partial charge in [-0.25, -0.2) is 14.6 Å². The Labute approximate surface area is 158 Å². The van der Waals surface area contributed by atoms with Crippen molar-refractivity contribution in [2.24, 2.45) is 0 Å². The van der Waals surface area contributed by atoms with Crippen molar-refractivity contribution in [1.82, 2.24) is 24.7 Å². The van der Waals surface area contributed by atoms with Gasteiger partial charge in [-0.3, -0.25) is 4.98 Å². The maximum Gasteiger partial charge on any atom is 0.417 e. The minimum absolute atomic E-state index is 0.0337. The zero-order valence-corrected chi connectivity index (χ0v) is 14.9. The van der Waals surface area contributed by atoms with Gasteiger partial charge in [0.15, 0.2) is 5.82 Å². The topological polar surface area (TPSA) is 56.5 Å². The molecular weight excluding hydrogens is 408 g/mol. The van der Waals surface area contributed by atoms with Crippen LogP contribution >= 0.6 is 11.8 Å². The number of nitrogens with zero attached hydrogens (tertiary/aromatic N) is 5. The van der Waals surface area contributed by atoms with Crippen LogP contribution < -0.4 is 0 Å². The number of alkyl halides is 6. The molecule has 0 atom stereocenters. The van der Waals surface area contributed by atoms with Crippen LogP contribution in [0.2, 0.25) is 0 Å². The van der Waals surface area contributed by atoms with E-state index >= 15 is 0 Å². The van der Waals surface area contributed by atoms with Crippen LogP contribution in [0, 0.1) is 0 Å². The molecule has 0 saturated heterocycles. The molecule has 0 aliphatic heterocycles. The summed E-state index contributed by atoms with van der Waals surface area (Å²) < 4.78 is 77.7. The maximum atomic E-state index is 12.9. The molecule has 12 heteroatoms. The Balaban J connectivity index is 1.95. The van der Waals surface area contributed by atoms with Crippen molar-refractivity contribution < 1.29 is 26.3 Å². The van der Waals surface area contributed by atoms with Crippen LogP contribution in [0.4, 0.5) is 26.3 Å². The minimum atomic E-state index is -4.54. The Morgan fingerprint density at radius 2 is 1.61 bits per heavy atom. The Kier molecular flexibility index (Phi) is 5.33. The third kappa shape index (κ3) is 4.26. The molecule has 0 aliphatic rings. The number of hydrogen-bond donors (Lipinski definition) is 0. The van der Waals surface area contributed by atoms with E-state index in [0.717, 1.165) is 34.6 Å². The van der Waals surface area contributed by atoms with Crippen LogP contribution in [0.5, 0.6) is 0 Å². The van der Waals surface area contributed by atoms with Crippen LogP contribution in [0.25, 0.3) is 17.3 Å². The predicted octanol–water partition coefficient (Wildman–Crippen LogP) is 4.87. The molecule has 148 valence electrons. The number of pyridine rings is 2. The maximum absolute atomic E-state index is 12.9. The Bertz CT molecular complexity index is 965. The third-order valence-electron chi connectivity index (χ3n) is 3.49. The lowest BCUT2D eigenvalue weighted by Gasteiger charge is -2.10. The number of rotatable bonds is 4. The molecule has 0 spiro atoms. The fourth-order valence-electron chi connectivity index (χ4n) is 2.20. The first kappa shape index (κ1) is 20.1. The lowest BCUT2D eigenvalue weighted by molar-refractivity contribution is -0.138. The standard InChI is InChI=1S/C16H11F6N5S/c1-2-28-11-5-10(16(20,21)22)7-24-13(11)14-25-8-27(26-14)12-4-3-9(6-23-12)15(17,18)19/h3-8H,2H2,1H3. The summed E-state index contributed by atoms with van der Waals surface area (Å²) in [7, 11) is 0. The van der Waals surface area contributed by atoms with E-state index in [9.17, 15) is 26.3 Å². The van der Waals surface area contributed by atoms with Gasteiger partial charge < -0.3 is 0 Å². The Hall–Kier alpha value is -2.63. The van der Waals surface area contributed by atoms with Crippen LogP contribution in [-0.2, 0) is 12.4 Å². The van der Waals surface area contributed by atoms with Gasteiger partial charge in [0.25, 0.3) is 0 Å². The van der Waals surface area contributed by atoms with E-state index in [1.54, 1.807) is 6.92 Å². The summed E-state index contributed by atoms with van der Waals surface area (Å²) in [5, 5.41) is 4.08. The molecule has 3 rings (SSSR count). The van der Waals surface area contributed by atoms with Gasteiger partial charge in [-0.2, -0.15) is 26.3 Å². The summed E-state index contributed by atoms with van der Waals surface area (Å²) in [6, 6.07) is 2.93. The molecule has 3 aromatic rings. The SMILES string of the molecule is CCSc1cc(C(F)(F)F)cnc1-c1ncn(-c2ccc(C(F)(F)F)cn2)n1. The first-order valence-electron chi connectivity index (χ1n) is 7.75. The summed E-state index contributed by atoms with van der Waals surface area (Å²) in [4.78, 5) is 11.8. The normalized spacial score (nSPS) is 12.4. The highest BCUT2D eigenvalue weighted by Crippen LogP contribution is 2.35. The van der Waals surface area contributed by atoms with E-state index in [1.807, 2.05) is 0 Å². The molecule has 3 heterocycles. The van der Waals surface area contributed by atoms with Crippen molar-refractivity contribution in [3.8, 4) is 17.3 Å². The van der Waals surface area contributed by atoms with Crippen molar-refractivity contribution in [3.05, 3.63) is 48.0 Å². The quantitative estimate of drug-likeness (QED) is 0.446. The molecule has 0 bridgehead atoms. The molecule has 0 amide bonds. The van der Waals surface area contributed by atoms with Gasteiger partial charge in [0.2, 0.25) is 5.82 Å². The first-order valence-corrected chi connectivity index (χ1v) is 8.74. The van der Waals surface area contributed by atoms with E-state index < -0.39 is 23.5 Å². The monoisotopic (exact) mass is 419 g/mol. The van der Waals surface area contributed by atoms with Crippen molar-refractivity contribution >= 4 is 11.8 Å². The highest BCUT2D eigenvalue weighted by molar-refractivity contribution is 7.99. The second kappa shape index (κ2) is 7.41. The number of thioether (sulfide) groups is 1. The average Bonchev–Trinajstić information content (AvgIpc) is 3.10. The summed E-state index contributed by atoms with van der Waals surface area (Å²) in [6.07, 6.45) is -6.51. The zero-order valence-electron chi connectivity index (χ0n) is 14.1. The van der Waals surface area contributed by atoms with Crippen LogP contribution in [0.3, 0.4) is 0 Å². The number of hydrogen-bond acceptors (Lipinski definition) is 5. The van der Waals surface area contributed by atoms with Gasteiger partial charge in [0, 0.05) is 17.3 Å². The molecule has 0 aliphatic carbocycles. The van der Waals surface area contributed by atoms with Crippen molar-refractivity contribution in [2.45, 2.75) is 24.2 Å². The molecule has 0 saturated carbocycles. The highest BCUT2D eigenvalue weighted by atomic mass is 32.2. The van der Waals surface area contributed by atoms with E-state index in [1.165, 1.54) is 6.33 Å². The van der Waals surface area contributed by atoms with Gasteiger partial charge in [-0.15, -0.1) is 16.9 Å². The molecular formula is C16H11F6N5S. The van der Waals surface area contributed by atoms with Gasteiger partial charge in [-0.1, -0.05) is 6.92 Å². The third-order valence-corrected chi connectivity index (χ3v) is 4.40. The van der Waals surface area contributed by atoms with E-state index in [0.29, 0.717) is 18.1 Å². The van der Waals surface area contributed by atoms with Gasteiger partial charge in [0.05, 0.1) is 11.1 Å². The second-order valence-electron chi connectivity index (χ2n) is 5.42. The lowest BCUT2D eigenvalue weighted by Crippen LogP contribution is -2.07. The van der Waals surface area contributed by atoms with Crippen molar-refractivity contribution in [2.75, 3.05) is 5.75 Å². The van der Waals surface area contributed by atoms with Crippen LogP contribution in [-0.4, -0.2) is 30.5 Å². The molecule has 3 aromatic heterocycles. The largest absolute Gasteiger partial charge is 0.417 e. The number of halogens is 6. The molecule has 28 heavy (non-hydrogen) atoms. The van der Waals surface area contributed by atoms with Gasteiger partial charge in [0.1, 0.15) is 12.0 Å². The smallest absolute Gasteiger partial charge is 0.251 e. The molecule has 0 radical (unpaired) electrons. The predicted molar refractivity (Wildman–Crippen MR) is 88.8 cm³/mol.